The SMILES string of the molecule is CC(C)c1nc(-c2ccccc2)cc(-c2ccc(F)cc2)c1C#CCO[P+](=O)C[C@@H](O)CC(=O)O. The standard InChI is InChI=1S/C27H25FNO5P/c1-18(2)27-23(9-6-14-34-35(33)17-22(30)15-26(31)32)24(19-10-12-21(28)13-11-19)16-25(29-27)20-7-4-3-5-8-20/h3-5,7-8,10-13,16,18,22,30H,14-15,17H2,1-2H3/p+1/t22-/m0/s1. The van der Waals surface area contributed by atoms with Crippen molar-refractivity contribution in [1.29, 1.82) is 0 Å². The minimum atomic E-state index is -2.26. The molecule has 180 valence electrons. The molecule has 3 rings (SSSR count). The van der Waals surface area contributed by atoms with Crippen LogP contribution in [0.1, 0.15) is 37.4 Å². The van der Waals surface area contributed by atoms with Crippen LogP contribution in [0.3, 0.4) is 0 Å². The third kappa shape index (κ3) is 7.53. The maximum absolute atomic E-state index is 13.6. The molecule has 2 aromatic carbocycles. The summed E-state index contributed by atoms with van der Waals surface area (Å²) in [6.45, 7) is 3.85. The zero-order valence-corrected chi connectivity index (χ0v) is 20.3. The van der Waals surface area contributed by atoms with E-state index in [9.17, 15) is 18.9 Å². The van der Waals surface area contributed by atoms with Crippen LogP contribution in [0, 0.1) is 17.7 Å². The van der Waals surface area contributed by atoms with Gasteiger partial charge in [-0.15, -0.1) is 4.52 Å². The lowest BCUT2D eigenvalue weighted by molar-refractivity contribution is -0.138. The Morgan fingerprint density at radius 1 is 1.11 bits per heavy atom. The quantitative estimate of drug-likeness (QED) is 0.296. The molecule has 1 heterocycles. The predicted molar refractivity (Wildman–Crippen MR) is 133 cm³/mol. The maximum atomic E-state index is 13.6. The van der Waals surface area contributed by atoms with Crippen LogP contribution >= 0.6 is 8.03 Å². The number of halogens is 1. The Labute approximate surface area is 204 Å². The van der Waals surface area contributed by atoms with Crippen molar-refractivity contribution in [3.63, 3.8) is 0 Å². The van der Waals surface area contributed by atoms with E-state index in [1.54, 1.807) is 12.1 Å². The molecule has 0 saturated carbocycles. The fraction of sp³-hybridized carbons (Fsp3) is 0.259. The monoisotopic (exact) mass is 494 g/mol. The minimum Gasteiger partial charge on any atom is -0.481 e. The van der Waals surface area contributed by atoms with Gasteiger partial charge >= 0.3 is 14.0 Å². The number of aliphatic hydroxyl groups is 1. The van der Waals surface area contributed by atoms with E-state index in [1.165, 1.54) is 12.1 Å². The first-order valence-corrected chi connectivity index (χ1v) is 12.4. The molecule has 0 saturated heterocycles. The van der Waals surface area contributed by atoms with Crippen molar-refractivity contribution in [2.45, 2.75) is 32.3 Å². The van der Waals surface area contributed by atoms with Gasteiger partial charge in [0.15, 0.2) is 6.61 Å². The Morgan fingerprint density at radius 3 is 2.43 bits per heavy atom. The summed E-state index contributed by atoms with van der Waals surface area (Å²) in [5, 5.41) is 18.3. The number of benzene rings is 2. The lowest BCUT2D eigenvalue weighted by Crippen LogP contribution is -2.15. The van der Waals surface area contributed by atoms with Gasteiger partial charge in [-0.3, -0.25) is 9.78 Å². The molecule has 0 aliphatic carbocycles. The van der Waals surface area contributed by atoms with Crippen LogP contribution in [0.5, 0.6) is 0 Å². The first-order chi connectivity index (χ1) is 16.7. The Balaban J connectivity index is 1.95. The van der Waals surface area contributed by atoms with Crippen molar-refractivity contribution in [3.05, 3.63) is 77.7 Å². The van der Waals surface area contributed by atoms with Crippen molar-refractivity contribution in [2.24, 2.45) is 0 Å². The number of hydrogen-bond acceptors (Lipinski definition) is 5. The van der Waals surface area contributed by atoms with Crippen LogP contribution < -0.4 is 0 Å². The van der Waals surface area contributed by atoms with Gasteiger partial charge in [0.1, 0.15) is 11.9 Å². The molecule has 0 amide bonds. The Morgan fingerprint density at radius 2 is 1.80 bits per heavy atom. The Hall–Kier alpha value is -3.43. The van der Waals surface area contributed by atoms with Crippen LogP contribution in [0.25, 0.3) is 22.4 Å². The highest BCUT2D eigenvalue weighted by Gasteiger charge is 2.25. The largest absolute Gasteiger partial charge is 0.511 e. The molecule has 0 aliphatic rings. The molecule has 1 aromatic heterocycles. The maximum Gasteiger partial charge on any atom is 0.511 e. The first kappa shape index (κ1) is 26.2. The molecule has 0 spiro atoms. The van der Waals surface area contributed by atoms with Gasteiger partial charge in [0.25, 0.3) is 0 Å². The van der Waals surface area contributed by atoms with E-state index >= 15 is 0 Å². The van der Waals surface area contributed by atoms with Gasteiger partial charge in [-0.2, -0.15) is 0 Å². The number of nitrogens with zero attached hydrogens (tertiary/aromatic N) is 1. The van der Waals surface area contributed by atoms with Gasteiger partial charge in [0, 0.05) is 11.1 Å². The van der Waals surface area contributed by atoms with Gasteiger partial charge in [-0.05, 0) is 34.2 Å². The summed E-state index contributed by atoms with van der Waals surface area (Å²) in [5.74, 6) is 4.45. The number of aliphatic carboxylic acids is 1. The van der Waals surface area contributed by atoms with E-state index < -0.39 is 26.5 Å². The molecular formula is C27H26FNO5P+. The van der Waals surface area contributed by atoms with Crippen molar-refractivity contribution in [2.75, 3.05) is 12.8 Å². The molecule has 0 fully saturated rings. The highest BCUT2D eigenvalue weighted by molar-refractivity contribution is 7.39. The normalized spacial score (nSPS) is 12.1. The summed E-state index contributed by atoms with van der Waals surface area (Å²) >= 11 is 0. The number of hydrogen-bond donors (Lipinski definition) is 2. The van der Waals surface area contributed by atoms with Gasteiger partial charge in [0.05, 0.1) is 23.4 Å². The third-order valence-corrected chi connectivity index (χ3v) is 6.22. The second kappa shape index (κ2) is 12.3. The predicted octanol–water partition coefficient (Wildman–Crippen LogP) is 5.62. The molecule has 8 heteroatoms. The van der Waals surface area contributed by atoms with Crippen LogP contribution in [0.4, 0.5) is 4.39 Å². The number of aromatic nitrogens is 1. The second-order valence-corrected chi connectivity index (χ2v) is 9.47. The second-order valence-electron chi connectivity index (χ2n) is 8.19. The lowest BCUT2D eigenvalue weighted by Gasteiger charge is -2.16. The fourth-order valence-corrected chi connectivity index (χ4v) is 4.23. The number of carbonyl (C=O) groups is 1. The molecule has 0 bridgehead atoms. The molecule has 35 heavy (non-hydrogen) atoms. The molecule has 3 aromatic rings. The number of pyridine rings is 1. The van der Waals surface area contributed by atoms with Crippen LogP contribution in [0.2, 0.25) is 0 Å². The van der Waals surface area contributed by atoms with Gasteiger partial charge in [-0.25, -0.2) is 4.39 Å². The summed E-state index contributed by atoms with van der Waals surface area (Å²) in [5.41, 5.74) is 4.70. The topological polar surface area (TPSA) is 96.7 Å². The van der Waals surface area contributed by atoms with Crippen molar-refractivity contribution < 1.29 is 28.5 Å². The highest BCUT2D eigenvalue weighted by atomic mass is 31.1. The summed E-state index contributed by atoms with van der Waals surface area (Å²) < 4.78 is 30.8. The Bertz CT molecular complexity index is 1250. The van der Waals surface area contributed by atoms with Gasteiger partial charge < -0.3 is 10.2 Å². The number of carboxylic acid groups (broad SMARTS) is 1. The minimum absolute atomic E-state index is 0.0332. The number of aliphatic hydroxyl groups excluding tert-OH is 1. The van der Waals surface area contributed by atoms with Crippen molar-refractivity contribution in [3.8, 4) is 34.2 Å². The molecule has 2 atom stereocenters. The third-order valence-electron chi connectivity index (χ3n) is 5.08. The van der Waals surface area contributed by atoms with E-state index in [0.29, 0.717) is 5.56 Å². The van der Waals surface area contributed by atoms with E-state index in [0.717, 1.165) is 28.1 Å². The summed E-state index contributed by atoms with van der Waals surface area (Å²) in [7, 11) is -2.26. The molecule has 2 N–H and O–H groups in total. The summed E-state index contributed by atoms with van der Waals surface area (Å²) in [6, 6.07) is 17.8. The van der Waals surface area contributed by atoms with E-state index in [4.69, 9.17) is 14.6 Å². The molecule has 0 radical (unpaired) electrons. The molecule has 6 nitrogen and oxygen atoms in total. The van der Waals surface area contributed by atoms with Crippen LogP contribution in [-0.2, 0) is 13.9 Å². The summed E-state index contributed by atoms with van der Waals surface area (Å²) in [4.78, 5) is 15.5. The molecule has 0 aliphatic heterocycles. The highest BCUT2D eigenvalue weighted by Crippen LogP contribution is 2.33. The molecule has 1 unspecified atom stereocenters. The fourth-order valence-electron chi connectivity index (χ4n) is 3.45. The summed E-state index contributed by atoms with van der Waals surface area (Å²) in [6.07, 6.45) is -2.04. The van der Waals surface area contributed by atoms with Gasteiger partial charge in [-0.1, -0.05) is 68.2 Å². The smallest absolute Gasteiger partial charge is 0.481 e. The lowest BCUT2D eigenvalue weighted by atomic mass is 9.93. The zero-order chi connectivity index (χ0) is 25.4. The average Bonchev–Trinajstić information content (AvgIpc) is 2.82. The van der Waals surface area contributed by atoms with Crippen LogP contribution in [0.15, 0.2) is 60.7 Å². The van der Waals surface area contributed by atoms with Crippen LogP contribution in [-0.4, -0.2) is 40.0 Å². The number of carboxylic acids is 1. The van der Waals surface area contributed by atoms with Crippen molar-refractivity contribution >= 4 is 14.0 Å². The van der Waals surface area contributed by atoms with Crippen molar-refractivity contribution in [1.82, 2.24) is 4.98 Å². The van der Waals surface area contributed by atoms with Gasteiger partial charge in [0.2, 0.25) is 6.16 Å². The average molecular weight is 494 g/mol. The zero-order valence-electron chi connectivity index (χ0n) is 19.4. The first-order valence-electron chi connectivity index (χ1n) is 11.1. The van der Waals surface area contributed by atoms with E-state index in [2.05, 4.69) is 11.8 Å². The van der Waals surface area contributed by atoms with E-state index in [-0.39, 0.29) is 24.5 Å². The number of rotatable bonds is 9. The molecular weight excluding hydrogens is 468 g/mol. The Kier molecular flexibility index (Phi) is 9.22. The van der Waals surface area contributed by atoms with E-state index in [1.807, 2.05) is 50.2 Å².